The monoisotopic (exact) mass is 278 g/mol. The van der Waals surface area contributed by atoms with Crippen LogP contribution in [0.2, 0.25) is 0 Å². The number of nitrogens with zero attached hydrogens (tertiary/aromatic N) is 1. The number of hydrogen-bond acceptors (Lipinski definition) is 5. The Labute approximate surface area is 95.4 Å². The van der Waals surface area contributed by atoms with Crippen LogP contribution in [0.5, 0.6) is 5.75 Å². The minimum absolute atomic E-state index is 0.516. The lowest BCUT2D eigenvalue weighted by atomic mass is 10.4. The van der Waals surface area contributed by atoms with E-state index in [1.807, 2.05) is 0 Å². The molecule has 14 heavy (non-hydrogen) atoms. The molecule has 0 amide bonds. The van der Waals surface area contributed by atoms with E-state index in [1.54, 1.807) is 19.2 Å². The Morgan fingerprint density at radius 1 is 1.50 bits per heavy atom. The van der Waals surface area contributed by atoms with Gasteiger partial charge in [-0.05, 0) is 27.9 Å². The lowest BCUT2D eigenvalue weighted by molar-refractivity contribution is 0.146. The average molecular weight is 279 g/mol. The Bertz CT molecular complexity index is 299. The highest BCUT2D eigenvalue weighted by atomic mass is 79.9. The Hall–Kier alpha value is -0.300. The first-order valence-corrected chi connectivity index (χ1v) is 5.59. The van der Waals surface area contributed by atoms with E-state index in [1.165, 1.54) is 0 Å². The lowest BCUT2D eigenvalue weighted by Gasteiger charge is -2.06. The van der Waals surface area contributed by atoms with Crippen molar-refractivity contribution in [3.8, 4) is 5.75 Å². The number of aromatic nitrogens is 1. The van der Waals surface area contributed by atoms with Gasteiger partial charge < -0.3 is 9.47 Å². The zero-order chi connectivity index (χ0) is 10.4. The van der Waals surface area contributed by atoms with Gasteiger partial charge in [0.2, 0.25) is 0 Å². The molecular formula is C8H11BrN2O2S. The van der Waals surface area contributed by atoms with Crippen molar-refractivity contribution >= 4 is 27.9 Å². The van der Waals surface area contributed by atoms with Crippen LogP contribution >= 0.6 is 27.9 Å². The fourth-order valence-electron chi connectivity index (χ4n) is 0.837. The molecule has 0 aliphatic carbocycles. The van der Waals surface area contributed by atoms with E-state index in [2.05, 4.69) is 20.9 Å². The van der Waals surface area contributed by atoms with Crippen LogP contribution in [-0.2, 0) is 4.74 Å². The van der Waals surface area contributed by atoms with Crippen LogP contribution in [0.3, 0.4) is 0 Å². The highest BCUT2D eigenvalue weighted by Gasteiger charge is 2.01. The molecule has 0 fully saturated rings. The minimum Gasteiger partial charge on any atom is -0.491 e. The third kappa shape index (κ3) is 3.83. The number of methoxy groups -OCH3 is 1. The fraction of sp³-hybridized carbons (Fsp3) is 0.375. The summed E-state index contributed by atoms with van der Waals surface area (Å²) in [7, 11) is 1.63. The molecule has 1 aromatic heterocycles. The van der Waals surface area contributed by atoms with Crippen molar-refractivity contribution in [3.63, 3.8) is 0 Å². The van der Waals surface area contributed by atoms with Crippen LogP contribution in [0, 0.1) is 0 Å². The number of halogens is 1. The predicted octanol–water partition coefficient (Wildman–Crippen LogP) is 1.84. The summed E-state index contributed by atoms with van der Waals surface area (Å²) in [6.45, 7) is 1.08. The number of nitrogens with two attached hydrogens (primary N) is 1. The summed E-state index contributed by atoms with van der Waals surface area (Å²) in [5, 5.41) is 6.11. The van der Waals surface area contributed by atoms with Gasteiger partial charge in [0.25, 0.3) is 0 Å². The average Bonchev–Trinajstić information content (AvgIpc) is 2.17. The zero-order valence-electron chi connectivity index (χ0n) is 7.70. The van der Waals surface area contributed by atoms with Gasteiger partial charge in [0.05, 0.1) is 6.61 Å². The number of hydrogen-bond donors (Lipinski definition) is 1. The summed E-state index contributed by atoms with van der Waals surface area (Å²) in [5.41, 5.74) is 0. The molecule has 2 N–H and O–H groups in total. The van der Waals surface area contributed by atoms with Gasteiger partial charge in [-0.3, -0.25) is 5.14 Å². The molecule has 0 unspecified atom stereocenters. The maximum Gasteiger partial charge on any atom is 0.124 e. The third-order valence-electron chi connectivity index (χ3n) is 1.42. The summed E-state index contributed by atoms with van der Waals surface area (Å²) in [4.78, 5) is 4.12. The Kier molecular flexibility index (Phi) is 5.24. The van der Waals surface area contributed by atoms with Gasteiger partial charge in [-0.1, -0.05) is 0 Å². The van der Waals surface area contributed by atoms with E-state index >= 15 is 0 Å². The second-order valence-electron chi connectivity index (χ2n) is 2.42. The SMILES string of the molecule is COCCOc1cc(Br)nc(SN)c1. The number of ether oxygens (including phenoxy) is 2. The molecule has 4 nitrogen and oxygen atoms in total. The first-order valence-electron chi connectivity index (χ1n) is 3.92. The van der Waals surface area contributed by atoms with E-state index in [9.17, 15) is 0 Å². The number of rotatable bonds is 5. The van der Waals surface area contributed by atoms with Gasteiger partial charge in [-0.15, -0.1) is 0 Å². The lowest BCUT2D eigenvalue weighted by Crippen LogP contribution is -2.04. The fourth-order valence-corrected chi connectivity index (χ4v) is 1.71. The summed E-state index contributed by atoms with van der Waals surface area (Å²) in [5.74, 6) is 0.733. The number of pyridine rings is 1. The molecule has 0 aliphatic rings. The Balaban J connectivity index is 2.62. The molecule has 0 radical (unpaired) electrons. The van der Waals surface area contributed by atoms with Gasteiger partial charge in [-0.25, -0.2) is 4.98 Å². The maximum atomic E-state index is 5.41. The largest absolute Gasteiger partial charge is 0.491 e. The molecule has 0 bridgehead atoms. The zero-order valence-corrected chi connectivity index (χ0v) is 10.1. The van der Waals surface area contributed by atoms with Crippen LogP contribution < -0.4 is 9.88 Å². The van der Waals surface area contributed by atoms with E-state index in [-0.39, 0.29) is 0 Å². The second-order valence-corrected chi connectivity index (χ2v) is 3.89. The van der Waals surface area contributed by atoms with Crippen LogP contribution in [0.1, 0.15) is 0 Å². The quantitative estimate of drug-likeness (QED) is 0.506. The molecule has 78 valence electrons. The summed E-state index contributed by atoms with van der Waals surface area (Å²) >= 11 is 4.36. The summed E-state index contributed by atoms with van der Waals surface area (Å²) in [6, 6.07) is 3.57. The van der Waals surface area contributed by atoms with Crippen molar-refractivity contribution in [3.05, 3.63) is 16.7 Å². The predicted molar refractivity (Wildman–Crippen MR) is 59.4 cm³/mol. The van der Waals surface area contributed by atoms with Gasteiger partial charge in [0, 0.05) is 19.2 Å². The van der Waals surface area contributed by atoms with E-state index < -0.39 is 0 Å². The molecule has 0 atom stereocenters. The van der Waals surface area contributed by atoms with Gasteiger partial charge in [0.15, 0.2) is 0 Å². The standard InChI is InChI=1S/C8H11BrN2O2S/c1-12-2-3-13-6-4-7(9)11-8(5-6)14-10/h4-5H,2-3,10H2,1H3. The molecule has 0 saturated carbocycles. The van der Waals surface area contributed by atoms with Gasteiger partial charge >= 0.3 is 0 Å². The van der Waals surface area contributed by atoms with E-state index in [0.717, 1.165) is 17.7 Å². The molecule has 1 heterocycles. The van der Waals surface area contributed by atoms with Crippen LogP contribution in [0.25, 0.3) is 0 Å². The molecule has 1 aromatic rings. The molecule has 6 heteroatoms. The van der Waals surface area contributed by atoms with Crippen LogP contribution in [0.4, 0.5) is 0 Å². The smallest absolute Gasteiger partial charge is 0.124 e. The van der Waals surface area contributed by atoms with Crippen molar-refractivity contribution < 1.29 is 9.47 Å². The van der Waals surface area contributed by atoms with E-state index in [4.69, 9.17) is 14.6 Å². The second kappa shape index (κ2) is 6.23. The highest BCUT2D eigenvalue weighted by molar-refractivity contribution is 9.10. The normalized spacial score (nSPS) is 10.2. The molecule has 0 aromatic carbocycles. The summed E-state index contributed by atoms with van der Waals surface area (Å²) in [6.07, 6.45) is 0. The molecular weight excluding hydrogens is 268 g/mol. The Morgan fingerprint density at radius 2 is 2.29 bits per heavy atom. The maximum absolute atomic E-state index is 5.41. The molecule has 0 spiro atoms. The summed E-state index contributed by atoms with van der Waals surface area (Å²) < 4.78 is 11.0. The molecule has 0 saturated heterocycles. The van der Waals surface area contributed by atoms with Gasteiger partial charge in [-0.2, -0.15) is 0 Å². The van der Waals surface area contributed by atoms with Gasteiger partial charge in [0.1, 0.15) is 22.0 Å². The third-order valence-corrected chi connectivity index (χ3v) is 2.28. The van der Waals surface area contributed by atoms with E-state index in [0.29, 0.717) is 22.8 Å². The van der Waals surface area contributed by atoms with Crippen molar-refractivity contribution in [1.82, 2.24) is 4.98 Å². The Morgan fingerprint density at radius 3 is 2.93 bits per heavy atom. The molecule has 0 aliphatic heterocycles. The van der Waals surface area contributed by atoms with Crippen LogP contribution in [0.15, 0.2) is 21.8 Å². The van der Waals surface area contributed by atoms with Crippen molar-refractivity contribution in [1.29, 1.82) is 0 Å². The topological polar surface area (TPSA) is 57.4 Å². The van der Waals surface area contributed by atoms with Crippen molar-refractivity contribution in [2.24, 2.45) is 5.14 Å². The first kappa shape index (κ1) is 11.8. The van der Waals surface area contributed by atoms with Crippen molar-refractivity contribution in [2.75, 3.05) is 20.3 Å². The van der Waals surface area contributed by atoms with Crippen molar-refractivity contribution in [2.45, 2.75) is 5.03 Å². The van der Waals surface area contributed by atoms with Crippen LogP contribution in [-0.4, -0.2) is 25.3 Å². The highest BCUT2D eigenvalue weighted by Crippen LogP contribution is 2.22. The minimum atomic E-state index is 0.516. The molecule has 1 rings (SSSR count). The first-order chi connectivity index (χ1) is 6.76.